The zero-order chi connectivity index (χ0) is 15.8. The van der Waals surface area contributed by atoms with Gasteiger partial charge in [0.1, 0.15) is 0 Å². The van der Waals surface area contributed by atoms with E-state index in [-0.39, 0.29) is 5.91 Å². The standard InChI is InChI=1S/C19H22N2OS/c1-13-4-2-3-5-16(13)17-6-7-18(23-17)19(22)20-15-10-14-8-9-21(11-14)12-15/h2-7,14-15H,8-12H2,1H3,(H,20,22). The summed E-state index contributed by atoms with van der Waals surface area (Å²) in [4.78, 5) is 17.0. The van der Waals surface area contributed by atoms with Gasteiger partial charge >= 0.3 is 0 Å². The van der Waals surface area contributed by atoms with Crippen molar-refractivity contribution in [1.82, 2.24) is 10.2 Å². The number of fused-ring (bicyclic) bond motifs is 2. The lowest BCUT2D eigenvalue weighted by molar-refractivity contribution is 0.0913. The molecule has 2 fully saturated rings. The molecule has 1 aromatic carbocycles. The molecule has 2 aromatic rings. The topological polar surface area (TPSA) is 32.3 Å². The van der Waals surface area contributed by atoms with Crippen LogP contribution in [-0.2, 0) is 0 Å². The summed E-state index contributed by atoms with van der Waals surface area (Å²) >= 11 is 1.59. The molecule has 0 aliphatic carbocycles. The highest BCUT2D eigenvalue weighted by molar-refractivity contribution is 7.17. The van der Waals surface area contributed by atoms with E-state index >= 15 is 0 Å². The highest BCUT2D eigenvalue weighted by atomic mass is 32.1. The molecule has 3 unspecified atom stereocenters. The summed E-state index contributed by atoms with van der Waals surface area (Å²) in [6.45, 7) is 5.55. The van der Waals surface area contributed by atoms with Crippen molar-refractivity contribution in [3.05, 3.63) is 46.8 Å². The summed E-state index contributed by atoms with van der Waals surface area (Å²) in [7, 11) is 0. The number of hydrogen-bond donors (Lipinski definition) is 1. The second-order valence-electron chi connectivity index (χ2n) is 6.80. The van der Waals surface area contributed by atoms with E-state index in [4.69, 9.17) is 0 Å². The summed E-state index contributed by atoms with van der Waals surface area (Å²) in [5, 5.41) is 3.25. The van der Waals surface area contributed by atoms with E-state index in [0.717, 1.165) is 23.8 Å². The largest absolute Gasteiger partial charge is 0.347 e. The zero-order valence-corrected chi connectivity index (χ0v) is 14.2. The monoisotopic (exact) mass is 326 g/mol. The van der Waals surface area contributed by atoms with Crippen LogP contribution in [0.4, 0.5) is 0 Å². The van der Waals surface area contributed by atoms with Crippen LogP contribution in [0.1, 0.15) is 28.1 Å². The van der Waals surface area contributed by atoms with Gasteiger partial charge in [0.05, 0.1) is 4.88 Å². The first-order valence-electron chi connectivity index (χ1n) is 8.38. The van der Waals surface area contributed by atoms with E-state index in [9.17, 15) is 4.79 Å². The maximum absolute atomic E-state index is 12.6. The summed E-state index contributed by atoms with van der Waals surface area (Å²) < 4.78 is 0. The summed E-state index contributed by atoms with van der Waals surface area (Å²) in [6, 6.07) is 12.7. The Balaban J connectivity index is 1.46. The van der Waals surface area contributed by atoms with E-state index < -0.39 is 0 Å². The van der Waals surface area contributed by atoms with E-state index in [1.807, 2.05) is 18.2 Å². The van der Waals surface area contributed by atoms with Crippen molar-refractivity contribution in [2.45, 2.75) is 25.8 Å². The average molecular weight is 326 g/mol. The molecule has 1 aromatic heterocycles. The molecule has 0 radical (unpaired) electrons. The Morgan fingerprint density at radius 3 is 2.91 bits per heavy atom. The van der Waals surface area contributed by atoms with E-state index in [2.05, 4.69) is 35.3 Å². The highest BCUT2D eigenvalue weighted by Gasteiger charge is 2.33. The molecule has 4 heteroatoms. The van der Waals surface area contributed by atoms with Crippen LogP contribution in [0, 0.1) is 12.8 Å². The lowest BCUT2D eigenvalue weighted by Gasteiger charge is -2.30. The third-order valence-electron chi connectivity index (χ3n) is 5.04. The minimum Gasteiger partial charge on any atom is -0.347 e. The Labute approximate surface area is 141 Å². The first-order valence-corrected chi connectivity index (χ1v) is 9.20. The normalized spacial score (nSPS) is 26.2. The lowest BCUT2D eigenvalue weighted by atomic mass is 9.97. The van der Waals surface area contributed by atoms with Crippen molar-refractivity contribution in [3.63, 3.8) is 0 Å². The van der Waals surface area contributed by atoms with Crippen molar-refractivity contribution < 1.29 is 4.79 Å². The average Bonchev–Trinajstić information content (AvgIpc) is 3.15. The van der Waals surface area contributed by atoms with Crippen molar-refractivity contribution in [1.29, 1.82) is 0 Å². The van der Waals surface area contributed by atoms with Crippen LogP contribution in [0.15, 0.2) is 36.4 Å². The summed E-state index contributed by atoms with van der Waals surface area (Å²) in [5.74, 6) is 0.863. The van der Waals surface area contributed by atoms with Crippen LogP contribution in [0.2, 0.25) is 0 Å². The summed E-state index contributed by atoms with van der Waals surface area (Å²) in [5.41, 5.74) is 2.47. The van der Waals surface area contributed by atoms with Crippen LogP contribution in [-0.4, -0.2) is 36.5 Å². The van der Waals surface area contributed by atoms with Crippen molar-refractivity contribution >= 4 is 17.2 Å². The molecule has 2 aliphatic heterocycles. The molecule has 3 nitrogen and oxygen atoms in total. The maximum Gasteiger partial charge on any atom is 0.261 e. The van der Waals surface area contributed by atoms with Gasteiger partial charge in [-0.05, 0) is 55.5 Å². The van der Waals surface area contributed by atoms with Gasteiger partial charge in [-0.3, -0.25) is 4.79 Å². The third-order valence-corrected chi connectivity index (χ3v) is 6.16. The number of benzene rings is 1. The van der Waals surface area contributed by atoms with Crippen molar-refractivity contribution in [2.24, 2.45) is 5.92 Å². The van der Waals surface area contributed by atoms with Crippen LogP contribution in [0.25, 0.3) is 10.4 Å². The lowest BCUT2D eigenvalue weighted by Crippen LogP contribution is -2.46. The van der Waals surface area contributed by atoms with E-state index in [1.165, 1.54) is 35.5 Å². The van der Waals surface area contributed by atoms with E-state index in [1.54, 1.807) is 11.3 Å². The van der Waals surface area contributed by atoms with Crippen LogP contribution >= 0.6 is 11.3 Å². The SMILES string of the molecule is Cc1ccccc1-c1ccc(C(=O)NC2CC3CCN(C3)C2)s1. The summed E-state index contributed by atoms with van der Waals surface area (Å²) in [6.07, 6.45) is 2.43. The molecule has 0 saturated carbocycles. The first kappa shape index (κ1) is 14.9. The Hall–Kier alpha value is -1.65. The van der Waals surface area contributed by atoms with E-state index in [0.29, 0.717) is 6.04 Å². The molecule has 2 saturated heterocycles. The van der Waals surface area contributed by atoms with Crippen molar-refractivity contribution in [2.75, 3.05) is 19.6 Å². The molecule has 3 heterocycles. The fraction of sp³-hybridized carbons (Fsp3) is 0.421. The van der Waals surface area contributed by atoms with Gasteiger partial charge in [0.25, 0.3) is 5.91 Å². The van der Waals surface area contributed by atoms with Crippen LogP contribution in [0.5, 0.6) is 0 Å². The number of hydrogen-bond acceptors (Lipinski definition) is 3. The molecule has 4 rings (SSSR count). The van der Waals surface area contributed by atoms with Crippen LogP contribution in [0.3, 0.4) is 0 Å². The second-order valence-corrected chi connectivity index (χ2v) is 7.88. The molecule has 3 atom stereocenters. The number of aryl methyl sites for hydroxylation is 1. The van der Waals surface area contributed by atoms with Gasteiger partial charge in [-0.25, -0.2) is 0 Å². The van der Waals surface area contributed by atoms with Gasteiger partial charge in [0.15, 0.2) is 0 Å². The number of rotatable bonds is 3. The molecular formula is C19H22N2OS. The second kappa shape index (κ2) is 6.10. The van der Waals surface area contributed by atoms with Gasteiger partial charge in [0.2, 0.25) is 0 Å². The number of piperidine rings is 1. The minimum atomic E-state index is 0.0855. The molecule has 0 spiro atoms. The Morgan fingerprint density at radius 1 is 1.22 bits per heavy atom. The van der Waals surface area contributed by atoms with Crippen molar-refractivity contribution in [3.8, 4) is 10.4 Å². The quantitative estimate of drug-likeness (QED) is 0.935. The van der Waals surface area contributed by atoms with Gasteiger partial charge in [-0.2, -0.15) is 0 Å². The maximum atomic E-state index is 12.6. The Bertz CT molecular complexity index is 712. The Morgan fingerprint density at radius 2 is 2.09 bits per heavy atom. The predicted molar refractivity (Wildman–Crippen MR) is 94.9 cm³/mol. The molecule has 23 heavy (non-hydrogen) atoms. The van der Waals surface area contributed by atoms with Crippen LogP contribution < -0.4 is 5.32 Å². The number of thiophene rings is 1. The predicted octanol–water partition coefficient (Wildman–Crippen LogP) is 3.55. The number of carbonyl (C=O) groups is 1. The molecular weight excluding hydrogens is 304 g/mol. The first-order chi connectivity index (χ1) is 11.2. The van der Waals surface area contributed by atoms with Gasteiger partial charge in [0, 0.05) is 24.0 Å². The minimum absolute atomic E-state index is 0.0855. The fourth-order valence-corrected chi connectivity index (χ4v) is 4.87. The molecule has 2 aliphatic rings. The molecule has 1 amide bonds. The molecule has 120 valence electrons. The number of nitrogens with zero attached hydrogens (tertiary/aromatic N) is 1. The molecule has 2 bridgehead atoms. The number of nitrogens with one attached hydrogen (secondary N) is 1. The fourth-order valence-electron chi connectivity index (χ4n) is 3.87. The zero-order valence-electron chi connectivity index (χ0n) is 13.4. The number of carbonyl (C=O) groups excluding carboxylic acids is 1. The van der Waals surface area contributed by atoms with Gasteiger partial charge in [-0.15, -0.1) is 11.3 Å². The highest BCUT2D eigenvalue weighted by Crippen LogP contribution is 2.31. The van der Waals surface area contributed by atoms with Gasteiger partial charge in [-0.1, -0.05) is 24.3 Å². The number of amides is 1. The smallest absolute Gasteiger partial charge is 0.261 e. The van der Waals surface area contributed by atoms with Gasteiger partial charge < -0.3 is 10.2 Å². The third kappa shape index (κ3) is 3.06. The Kier molecular flexibility index (Phi) is 3.95. The molecule has 1 N–H and O–H groups in total.